The average Bonchev–Trinajstić information content (AvgIpc) is 2.62. The van der Waals surface area contributed by atoms with Crippen LogP contribution in [-0.2, 0) is 9.53 Å². The van der Waals surface area contributed by atoms with Gasteiger partial charge in [-0.25, -0.2) is 10.4 Å². The first-order chi connectivity index (χ1) is 12.7. The number of hydrogen-bond donors (Lipinski definition) is 4. The van der Waals surface area contributed by atoms with Crippen LogP contribution in [-0.4, -0.2) is 46.2 Å². The summed E-state index contributed by atoms with van der Waals surface area (Å²) in [7, 11) is 0. The van der Waals surface area contributed by atoms with Crippen LogP contribution in [0.15, 0.2) is 24.3 Å². The van der Waals surface area contributed by atoms with Gasteiger partial charge >= 0.3 is 5.97 Å². The number of esters is 1. The van der Waals surface area contributed by atoms with E-state index in [-0.39, 0.29) is 39.9 Å². The Hall–Kier alpha value is -2.93. The largest absolute Gasteiger partial charge is 0.595 e. The van der Waals surface area contributed by atoms with E-state index in [9.17, 15) is 35.2 Å². The van der Waals surface area contributed by atoms with E-state index in [1.807, 2.05) is 0 Å². The molecule has 11 nitrogen and oxygen atoms in total. The van der Waals surface area contributed by atoms with Crippen molar-refractivity contribution in [2.75, 3.05) is 13.2 Å². The molecule has 1 aliphatic rings. The summed E-state index contributed by atoms with van der Waals surface area (Å²) in [4.78, 5) is 37.8. The summed E-state index contributed by atoms with van der Waals surface area (Å²) in [5, 5.41) is 38.9. The summed E-state index contributed by atoms with van der Waals surface area (Å²) in [6, 6.07) is 4.58. The number of quaternary nitrogens is 2. The lowest BCUT2D eigenvalue weighted by Gasteiger charge is -2.27. The topological polar surface area (TPSA) is 159 Å². The number of nitrogens with zero attached hydrogens (tertiary/aromatic N) is 1. The third kappa shape index (κ3) is 3.26. The van der Waals surface area contributed by atoms with Crippen LogP contribution in [0.2, 0.25) is 0 Å². The number of nitrogens with one attached hydrogen (secondary N) is 2. The molecule has 0 aliphatic carbocycles. The smallest absolute Gasteiger partial charge is 0.326 e. The standard InChI is InChI=1S/C16H15N3O8/c1-2-27-13(20)7-17-15(21)11-5-9(18(23)24)3-8-4-10(19(25)26)6-12(14(8)11)16(17)22/h3-6,18-19,23,25H,2,7H2,1H3. The zero-order chi connectivity index (χ0) is 19.9. The second-order valence-electron chi connectivity index (χ2n) is 5.76. The number of benzene rings is 2. The molecule has 1 aliphatic heterocycles. The molecule has 142 valence electrons. The van der Waals surface area contributed by atoms with Gasteiger partial charge in [0.1, 0.15) is 6.54 Å². The van der Waals surface area contributed by atoms with E-state index in [0.29, 0.717) is 4.90 Å². The van der Waals surface area contributed by atoms with Crippen molar-refractivity contribution in [2.45, 2.75) is 6.92 Å². The monoisotopic (exact) mass is 377 g/mol. The van der Waals surface area contributed by atoms with Gasteiger partial charge in [0.15, 0.2) is 11.4 Å². The van der Waals surface area contributed by atoms with E-state index in [1.54, 1.807) is 6.92 Å². The summed E-state index contributed by atoms with van der Waals surface area (Å²) in [5.41, 5.74) is -0.684. The maximum atomic E-state index is 12.7. The molecule has 0 saturated carbocycles. The van der Waals surface area contributed by atoms with Crippen LogP contribution in [0.5, 0.6) is 0 Å². The molecule has 2 amide bonds. The van der Waals surface area contributed by atoms with Crippen molar-refractivity contribution in [1.82, 2.24) is 4.90 Å². The maximum absolute atomic E-state index is 12.7. The first-order valence-electron chi connectivity index (χ1n) is 7.84. The van der Waals surface area contributed by atoms with Crippen molar-refractivity contribution in [3.05, 3.63) is 45.8 Å². The van der Waals surface area contributed by atoms with E-state index >= 15 is 0 Å². The van der Waals surface area contributed by atoms with Crippen molar-refractivity contribution in [1.29, 1.82) is 0 Å². The number of imide groups is 1. The number of rotatable bonds is 5. The molecule has 0 bridgehead atoms. The van der Waals surface area contributed by atoms with Crippen LogP contribution in [0, 0.1) is 10.4 Å². The summed E-state index contributed by atoms with van der Waals surface area (Å²) < 4.78 is 4.75. The highest BCUT2D eigenvalue weighted by Gasteiger charge is 2.36. The van der Waals surface area contributed by atoms with Crippen molar-refractivity contribution < 1.29 is 40.0 Å². The van der Waals surface area contributed by atoms with Gasteiger partial charge in [-0.1, -0.05) is 0 Å². The number of carbonyl (C=O) groups is 3. The summed E-state index contributed by atoms with van der Waals surface area (Å²) in [5.74, 6) is -2.52. The maximum Gasteiger partial charge on any atom is 0.326 e. The molecular weight excluding hydrogens is 362 g/mol. The minimum Gasteiger partial charge on any atom is -0.595 e. The van der Waals surface area contributed by atoms with E-state index in [1.165, 1.54) is 12.1 Å². The number of carbonyl (C=O) groups excluding carboxylic acids is 3. The fourth-order valence-corrected chi connectivity index (χ4v) is 2.96. The molecule has 0 fully saturated rings. The van der Waals surface area contributed by atoms with E-state index in [2.05, 4.69) is 0 Å². The molecule has 2 aromatic rings. The Morgan fingerprint density at radius 1 is 1.04 bits per heavy atom. The van der Waals surface area contributed by atoms with Gasteiger partial charge in [-0.15, -0.1) is 0 Å². The van der Waals surface area contributed by atoms with E-state index in [0.717, 1.165) is 12.1 Å². The van der Waals surface area contributed by atoms with E-state index in [4.69, 9.17) is 4.74 Å². The van der Waals surface area contributed by atoms with Crippen LogP contribution in [0.25, 0.3) is 10.8 Å². The van der Waals surface area contributed by atoms with Gasteiger partial charge < -0.3 is 15.2 Å². The van der Waals surface area contributed by atoms with E-state index < -0.39 is 34.8 Å². The lowest BCUT2D eigenvalue weighted by molar-refractivity contribution is -0.991. The Labute approximate surface area is 151 Å². The summed E-state index contributed by atoms with van der Waals surface area (Å²) >= 11 is 0. The Kier molecular flexibility index (Phi) is 4.89. The molecule has 2 aromatic carbocycles. The van der Waals surface area contributed by atoms with Crippen molar-refractivity contribution >= 4 is 39.9 Å². The Bertz CT molecular complexity index is 894. The van der Waals surface area contributed by atoms with Gasteiger partial charge in [0.25, 0.3) is 11.8 Å². The second kappa shape index (κ2) is 7.00. The first-order valence-corrected chi connectivity index (χ1v) is 7.84. The van der Waals surface area contributed by atoms with Crippen molar-refractivity contribution in [2.24, 2.45) is 0 Å². The highest BCUT2D eigenvalue weighted by Crippen LogP contribution is 2.33. The van der Waals surface area contributed by atoms with Crippen LogP contribution in [0.1, 0.15) is 27.6 Å². The predicted molar refractivity (Wildman–Crippen MR) is 87.5 cm³/mol. The molecule has 3 rings (SSSR count). The SMILES string of the molecule is CCOC(=O)CN1C(=O)c2cc([NH+]([O-])O)cc3cc([NH+]([O-])O)cc(c23)C1=O. The fraction of sp³-hybridized carbons (Fsp3) is 0.188. The molecule has 4 N–H and O–H groups in total. The molecule has 27 heavy (non-hydrogen) atoms. The molecule has 2 unspecified atom stereocenters. The molecule has 2 atom stereocenters. The number of hydrogen-bond acceptors (Lipinski definition) is 8. The van der Waals surface area contributed by atoms with Crippen molar-refractivity contribution in [3.63, 3.8) is 0 Å². The molecule has 0 radical (unpaired) electrons. The zero-order valence-electron chi connectivity index (χ0n) is 14.0. The first kappa shape index (κ1) is 18.8. The molecular formula is C16H15N3O8. The minimum absolute atomic E-state index is 0.0492. The van der Waals surface area contributed by atoms with Crippen LogP contribution in [0.3, 0.4) is 0 Å². The van der Waals surface area contributed by atoms with Gasteiger partial charge in [-0.3, -0.25) is 19.3 Å². The third-order valence-electron chi connectivity index (χ3n) is 4.09. The zero-order valence-corrected chi connectivity index (χ0v) is 14.0. The van der Waals surface area contributed by atoms with Crippen LogP contribution >= 0.6 is 0 Å². The average molecular weight is 377 g/mol. The Morgan fingerprint density at radius 3 is 1.93 bits per heavy atom. The molecule has 0 saturated heterocycles. The van der Waals surface area contributed by atoms with Crippen molar-refractivity contribution in [3.8, 4) is 0 Å². The molecule has 1 heterocycles. The molecule has 11 heteroatoms. The van der Waals surface area contributed by atoms with Gasteiger partial charge in [-0.2, -0.15) is 10.5 Å². The second-order valence-corrected chi connectivity index (χ2v) is 5.76. The fourth-order valence-electron chi connectivity index (χ4n) is 2.96. The van der Waals surface area contributed by atoms with Gasteiger partial charge in [0.05, 0.1) is 17.7 Å². The quantitative estimate of drug-likeness (QED) is 0.287. The summed E-state index contributed by atoms with van der Waals surface area (Å²) in [6.07, 6.45) is 0. The molecule has 0 aromatic heterocycles. The van der Waals surface area contributed by atoms with Gasteiger partial charge in [0, 0.05) is 29.7 Å². The van der Waals surface area contributed by atoms with Crippen LogP contribution < -0.4 is 10.5 Å². The highest BCUT2D eigenvalue weighted by molar-refractivity contribution is 6.26. The highest BCUT2D eigenvalue weighted by atomic mass is 16.8. The van der Waals surface area contributed by atoms with Crippen LogP contribution in [0.4, 0.5) is 11.4 Å². The number of ether oxygens (including phenoxy) is 1. The van der Waals surface area contributed by atoms with Gasteiger partial charge in [0.2, 0.25) is 0 Å². The predicted octanol–water partition coefficient (Wildman–Crippen LogP) is -1.19. The minimum atomic E-state index is -1.32. The lowest BCUT2D eigenvalue weighted by Crippen LogP contribution is -2.99. The Balaban J connectivity index is 2.24. The van der Waals surface area contributed by atoms with Gasteiger partial charge in [-0.05, 0) is 12.3 Å². The Morgan fingerprint density at radius 2 is 1.52 bits per heavy atom. The normalized spacial score (nSPS) is 15.8. The third-order valence-corrected chi connectivity index (χ3v) is 4.09. The number of amides is 2. The lowest BCUT2D eigenvalue weighted by atomic mass is 9.92. The summed E-state index contributed by atoms with van der Waals surface area (Å²) in [6.45, 7) is 0.945. The molecule has 0 spiro atoms.